The average molecular weight is 378 g/mol. The molecule has 1 aromatic carbocycles. The van der Waals surface area contributed by atoms with Crippen LogP contribution in [0.25, 0.3) is 0 Å². The van der Waals surface area contributed by atoms with Crippen molar-refractivity contribution in [3.05, 3.63) is 28.2 Å². The van der Waals surface area contributed by atoms with Gasteiger partial charge in [-0.1, -0.05) is 35.2 Å². The van der Waals surface area contributed by atoms with Crippen molar-refractivity contribution in [3.63, 3.8) is 0 Å². The predicted octanol–water partition coefficient (Wildman–Crippen LogP) is 3.53. The minimum absolute atomic E-state index is 0. The number of carbonyl (C=O) groups is 1. The lowest BCUT2D eigenvalue weighted by molar-refractivity contribution is 0.0299. The van der Waals surface area contributed by atoms with Gasteiger partial charge in [-0.25, -0.2) is 0 Å². The molecule has 0 unspecified atom stereocenters. The topological polar surface area (TPSA) is 64.4 Å². The Morgan fingerprint density at radius 3 is 2.71 bits per heavy atom. The summed E-state index contributed by atoms with van der Waals surface area (Å²) in [6.45, 7) is 1.08. The molecule has 118 valence electrons. The second-order valence-electron chi connectivity index (χ2n) is 5.12. The number of nitrogen functional groups attached to an aromatic ring is 1. The normalized spacial score (nSPS) is 15.3. The molecular formula is C15H22BrClN2O2. The van der Waals surface area contributed by atoms with E-state index < -0.39 is 0 Å². The third-order valence-electron chi connectivity index (χ3n) is 3.55. The van der Waals surface area contributed by atoms with Crippen molar-refractivity contribution in [2.75, 3.05) is 18.9 Å². The molecule has 0 aromatic heterocycles. The first-order valence-electron chi connectivity index (χ1n) is 7.11. The monoisotopic (exact) mass is 376 g/mol. The van der Waals surface area contributed by atoms with Crippen LogP contribution in [0.5, 0.6) is 0 Å². The highest BCUT2D eigenvalue weighted by Gasteiger charge is 2.14. The number of carbonyl (C=O) groups excluding carboxylic acids is 1. The molecule has 1 amide bonds. The first-order valence-corrected chi connectivity index (χ1v) is 7.91. The summed E-state index contributed by atoms with van der Waals surface area (Å²) in [7, 11) is 0. The minimum atomic E-state index is -0.151. The maximum atomic E-state index is 12.0. The summed E-state index contributed by atoms with van der Waals surface area (Å²) in [4.78, 5) is 12.0. The molecule has 21 heavy (non-hydrogen) atoms. The molecule has 0 aliphatic heterocycles. The van der Waals surface area contributed by atoms with Gasteiger partial charge in [0.25, 0.3) is 5.91 Å². The van der Waals surface area contributed by atoms with Crippen LogP contribution in [0.3, 0.4) is 0 Å². The van der Waals surface area contributed by atoms with E-state index in [4.69, 9.17) is 10.5 Å². The molecule has 1 saturated carbocycles. The van der Waals surface area contributed by atoms with E-state index in [1.54, 1.807) is 12.1 Å². The highest BCUT2D eigenvalue weighted by atomic mass is 79.9. The van der Waals surface area contributed by atoms with Crippen LogP contribution in [0.2, 0.25) is 0 Å². The summed E-state index contributed by atoms with van der Waals surface area (Å²) in [6.07, 6.45) is 6.50. The smallest absolute Gasteiger partial charge is 0.253 e. The summed E-state index contributed by atoms with van der Waals surface area (Å²) >= 11 is 3.32. The maximum absolute atomic E-state index is 12.0. The number of benzene rings is 1. The average Bonchev–Trinajstić information content (AvgIpc) is 2.44. The van der Waals surface area contributed by atoms with Gasteiger partial charge in [0, 0.05) is 16.7 Å². The van der Waals surface area contributed by atoms with Crippen LogP contribution >= 0.6 is 28.3 Å². The Morgan fingerprint density at radius 1 is 1.33 bits per heavy atom. The van der Waals surface area contributed by atoms with Gasteiger partial charge in [0.1, 0.15) is 0 Å². The van der Waals surface area contributed by atoms with E-state index in [1.807, 2.05) is 6.07 Å². The summed E-state index contributed by atoms with van der Waals surface area (Å²) in [5, 5.41) is 2.84. The first kappa shape index (κ1) is 18.3. The van der Waals surface area contributed by atoms with Gasteiger partial charge in [-0.2, -0.15) is 0 Å². The molecule has 0 atom stereocenters. The number of ether oxygens (including phenoxy) is 1. The van der Waals surface area contributed by atoms with Crippen LogP contribution in [0.15, 0.2) is 22.7 Å². The van der Waals surface area contributed by atoms with E-state index >= 15 is 0 Å². The lowest BCUT2D eigenvalue weighted by Crippen LogP contribution is -2.29. The summed E-state index contributed by atoms with van der Waals surface area (Å²) in [6, 6.07) is 5.26. The van der Waals surface area contributed by atoms with Gasteiger partial charge in [0.15, 0.2) is 0 Å². The zero-order valence-corrected chi connectivity index (χ0v) is 14.3. The number of anilines is 1. The minimum Gasteiger partial charge on any atom is -0.398 e. The standard InChI is InChI=1S/C15H21BrN2O2.ClH/c16-11-6-7-13(14(17)10-11)15(19)18-8-9-20-12-4-2-1-3-5-12;/h6-7,10,12H,1-5,8-9,17H2,(H,18,19);1H. The quantitative estimate of drug-likeness (QED) is 0.609. The number of nitrogens with one attached hydrogen (secondary N) is 1. The van der Waals surface area contributed by atoms with Gasteiger partial charge in [-0.15, -0.1) is 12.4 Å². The summed E-state index contributed by atoms with van der Waals surface area (Å²) < 4.78 is 6.63. The number of hydrogen-bond acceptors (Lipinski definition) is 3. The van der Waals surface area contributed by atoms with E-state index in [9.17, 15) is 4.79 Å². The Labute approximate surface area is 140 Å². The van der Waals surface area contributed by atoms with E-state index in [2.05, 4.69) is 21.2 Å². The lowest BCUT2D eigenvalue weighted by atomic mass is 9.98. The molecule has 0 heterocycles. The van der Waals surface area contributed by atoms with E-state index in [0.29, 0.717) is 30.5 Å². The molecule has 2 rings (SSSR count). The van der Waals surface area contributed by atoms with Crippen LogP contribution in [0, 0.1) is 0 Å². The van der Waals surface area contributed by atoms with Crippen LogP contribution in [0.4, 0.5) is 5.69 Å². The molecule has 0 radical (unpaired) electrons. The third kappa shape index (κ3) is 5.85. The van der Waals surface area contributed by atoms with Gasteiger partial charge in [0.2, 0.25) is 0 Å². The predicted molar refractivity (Wildman–Crippen MR) is 91.0 cm³/mol. The maximum Gasteiger partial charge on any atom is 0.253 e. The summed E-state index contributed by atoms with van der Waals surface area (Å²) in [5.41, 5.74) is 6.80. The fourth-order valence-electron chi connectivity index (χ4n) is 2.46. The number of hydrogen-bond donors (Lipinski definition) is 2. The van der Waals surface area contributed by atoms with E-state index in [-0.39, 0.29) is 18.3 Å². The molecule has 1 aliphatic carbocycles. The van der Waals surface area contributed by atoms with E-state index in [0.717, 1.165) is 17.3 Å². The number of rotatable bonds is 5. The molecular weight excluding hydrogens is 356 g/mol. The molecule has 1 aromatic rings. The van der Waals surface area contributed by atoms with Crippen molar-refractivity contribution in [3.8, 4) is 0 Å². The molecule has 3 N–H and O–H groups in total. The van der Waals surface area contributed by atoms with Crippen LogP contribution in [-0.4, -0.2) is 25.2 Å². The summed E-state index contributed by atoms with van der Waals surface area (Å²) in [5.74, 6) is -0.151. The molecule has 0 bridgehead atoms. The zero-order valence-electron chi connectivity index (χ0n) is 11.9. The van der Waals surface area contributed by atoms with Crippen molar-refractivity contribution in [2.24, 2.45) is 0 Å². The molecule has 0 saturated heterocycles. The fourth-order valence-corrected chi connectivity index (χ4v) is 2.84. The van der Waals surface area contributed by atoms with Crippen LogP contribution in [0.1, 0.15) is 42.5 Å². The third-order valence-corrected chi connectivity index (χ3v) is 4.04. The Balaban J connectivity index is 0.00000220. The Kier molecular flexibility index (Phi) is 8.07. The van der Waals surface area contributed by atoms with Gasteiger partial charge in [-0.3, -0.25) is 4.79 Å². The van der Waals surface area contributed by atoms with Crippen molar-refractivity contribution >= 4 is 39.9 Å². The number of halogens is 2. The van der Waals surface area contributed by atoms with E-state index in [1.165, 1.54) is 19.3 Å². The number of amides is 1. The number of nitrogens with two attached hydrogens (primary N) is 1. The van der Waals surface area contributed by atoms with Crippen LogP contribution in [-0.2, 0) is 4.74 Å². The SMILES string of the molecule is Cl.Nc1cc(Br)ccc1C(=O)NCCOC1CCCCC1. The molecule has 6 heteroatoms. The molecule has 1 fully saturated rings. The van der Waals surface area contributed by atoms with Gasteiger partial charge in [-0.05, 0) is 31.0 Å². The van der Waals surface area contributed by atoms with Gasteiger partial charge >= 0.3 is 0 Å². The second kappa shape index (κ2) is 9.28. The molecule has 4 nitrogen and oxygen atoms in total. The molecule has 1 aliphatic rings. The Morgan fingerprint density at radius 2 is 2.05 bits per heavy atom. The first-order chi connectivity index (χ1) is 9.66. The zero-order chi connectivity index (χ0) is 14.4. The van der Waals surface area contributed by atoms with Crippen LogP contribution < -0.4 is 11.1 Å². The molecule has 0 spiro atoms. The van der Waals surface area contributed by atoms with Gasteiger partial charge in [0.05, 0.1) is 18.3 Å². The highest BCUT2D eigenvalue weighted by Crippen LogP contribution is 2.20. The Hall–Kier alpha value is -0.780. The largest absolute Gasteiger partial charge is 0.398 e. The van der Waals surface area contributed by atoms with Gasteiger partial charge < -0.3 is 15.8 Å². The highest BCUT2D eigenvalue weighted by molar-refractivity contribution is 9.10. The van der Waals surface area contributed by atoms with Crippen molar-refractivity contribution in [2.45, 2.75) is 38.2 Å². The van der Waals surface area contributed by atoms with Crippen molar-refractivity contribution in [1.29, 1.82) is 0 Å². The Bertz CT molecular complexity index is 465. The lowest BCUT2D eigenvalue weighted by Gasteiger charge is -2.22. The van der Waals surface area contributed by atoms with Crippen molar-refractivity contribution in [1.82, 2.24) is 5.32 Å². The fraction of sp³-hybridized carbons (Fsp3) is 0.533. The van der Waals surface area contributed by atoms with Crippen molar-refractivity contribution < 1.29 is 9.53 Å². The second-order valence-corrected chi connectivity index (χ2v) is 6.03.